The van der Waals surface area contributed by atoms with Gasteiger partial charge in [0.15, 0.2) is 12.8 Å². The van der Waals surface area contributed by atoms with E-state index in [1.54, 1.807) is 0 Å². The van der Waals surface area contributed by atoms with Gasteiger partial charge in [0.25, 0.3) is 0 Å². The number of likely N-dealkylation sites (N-methyl/N-ethyl adjacent to an activating group) is 1. The van der Waals surface area contributed by atoms with E-state index < -0.39 is 43.2 Å². The number of ether oxygens (including phenoxy) is 2. The average Bonchev–Trinajstić information content (AvgIpc) is 2.88. The molecule has 0 unspecified atom stereocenters. The van der Waals surface area contributed by atoms with Crippen LogP contribution in [0.15, 0.2) is 0 Å². The Morgan fingerprint density at radius 3 is 1.69 bits per heavy atom. The van der Waals surface area contributed by atoms with Crippen LogP contribution in [-0.4, -0.2) is 89.0 Å². The third-order valence-corrected chi connectivity index (χ3v) is 6.87. The van der Waals surface area contributed by atoms with Crippen molar-refractivity contribution in [1.29, 1.82) is 0 Å². The second-order valence-electron chi connectivity index (χ2n) is 10.1. The van der Waals surface area contributed by atoms with Gasteiger partial charge < -0.3 is 29.9 Å². The molecular formula is C27H53NO8. The van der Waals surface area contributed by atoms with E-state index in [0.29, 0.717) is 6.61 Å². The molecule has 1 aliphatic rings. The number of carbonyl (C=O) groups excluding carboxylic acids is 1. The van der Waals surface area contributed by atoms with Gasteiger partial charge in [0.05, 0.1) is 13.2 Å². The summed E-state index contributed by atoms with van der Waals surface area (Å²) < 4.78 is 10.5. The molecule has 0 radical (unpaired) electrons. The minimum absolute atomic E-state index is 0.338. The van der Waals surface area contributed by atoms with E-state index in [-0.39, 0.29) is 6.61 Å². The molecule has 1 fully saturated rings. The first-order valence-electron chi connectivity index (χ1n) is 14.2. The van der Waals surface area contributed by atoms with Crippen molar-refractivity contribution in [3.05, 3.63) is 0 Å². The predicted octanol–water partition coefficient (Wildman–Crippen LogP) is 3.45. The summed E-state index contributed by atoms with van der Waals surface area (Å²) in [6, 6.07) is 0. The molecule has 5 atom stereocenters. The van der Waals surface area contributed by atoms with Gasteiger partial charge in [0, 0.05) is 7.05 Å². The van der Waals surface area contributed by atoms with Crippen LogP contribution in [0.3, 0.4) is 0 Å². The zero-order chi connectivity index (χ0) is 26.6. The average molecular weight is 520 g/mol. The molecule has 1 saturated heterocycles. The molecule has 0 aromatic heterocycles. The maximum absolute atomic E-state index is 11.9. The summed E-state index contributed by atoms with van der Waals surface area (Å²) in [5, 5.41) is 40.1. The molecule has 9 nitrogen and oxygen atoms in total. The van der Waals surface area contributed by atoms with Gasteiger partial charge in [0.2, 0.25) is 0 Å². The lowest BCUT2D eigenvalue weighted by Gasteiger charge is -2.42. The molecular weight excluding hydrogens is 466 g/mol. The van der Waals surface area contributed by atoms with Crippen molar-refractivity contribution in [2.45, 2.75) is 140 Å². The number of rotatable bonds is 22. The number of nitrogens with zero attached hydrogens (tertiary/aromatic N) is 1. The van der Waals surface area contributed by atoms with Crippen LogP contribution in [0.2, 0.25) is 0 Å². The minimum atomic E-state index is -1.51. The maximum atomic E-state index is 11.9. The number of carbonyl (C=O) groups is 1. The SMILES string of the molecule is CCCCCCCCCCCCCCCCCCOC(=O)CON(C)[C@@H]1O[C@H](CO)[C@@H](O)[C@H](O)[C@H]1O. The first-order chi connectivity index (χ1) is 17.4. The van der Waals surface area contributed by atoms with Crippen LogP contribution >= 0.6 is 0 Å². The summed E-state index contributed by atoms with van der Waals surface area (Å²) >= 11 is 0. The molecule has 0 saturated carbocycles. The van der Waals surface area contributed by atoms with Crippen molar-refractivity contribution in [3.63, 3.8) is 0 Å². The van der Waals surface area contributed by atoms with Gasteiger partial charge in [-0.15, -0.1) is 0 Å². The topological polar surface area (TPSA) is 129 Å². The van der Waals surface area contributed by atoms with Crippen LogP contribution < -0.4 is 0 Å². The lowest BCUT2D eigenvalue weighted by Crippen LogP contribution is -2.62. The van der Waals surface area contributed by atoms with E-state index in [1.165, 1.54) is 90.5 Å². The second kappa shape index (κ2) is 21.2. The Hall–Kier alpha value is -0.810. The summed E-state index contributed by atoms with van der Waals surface area (Å²) in [6.45, 7) is 1.70. The van der Waals surface area contributed by atoms with Crippen LogP contribution in [0.25, 0.3) is 0 Å². The van der Waals surface area contributed by atoms with Gasteiger partial charge in [-0.25, -0.2) is 4.79 Å². The summed E-state index contributed by atoms with van der Waals surface area (Å²) in [5.41, 5.74) is 0. The Kier molecular flexibility index (Phi) is 19.5. The van der Waals surface area contributed by atoms with Gasteiger partial charge in [-0.3, -0.25) is 4.84 Å². The summed E-state index contributed by atoms with van der Waals surface area (Å²) in [6.07, 6.45) is 14.0. The lowest BCUT2D eigenvalue weighted by atomic mass is 9.98. The fourth-order valence-corrected chi connectivity index (χ4v) is 4.49. The molecule has 0 aromatic carbocycles. The van der Waals surface area contributed by atoms with E-state index in [9.17, 15) is 25.2 Å². The molecule has 1 rings (SSSR count). The van der Waals surface area contributed by atoms with Crippen molar-refractivity contribution < 1.29 is 39.5 Å². The lowest BCUT2D eigenvalue weighted by molar-refractivity contribution is -0.325. The predicted molar refractivity (Wildman–Crippen MR) is 138 cm³/mol. The Labute approximate surface area is 218 Å². The Balaban J connectivity index is 1.93. The van der Waals surface area contributed by atoms with E-state index in [1.807, 2.05) is 0 Å². The molecule has 0 aromatic rings. The number of aliphatic hydroxyl groups excluding tert-OH is 4. The van der Waals surface area contributed by atoms with Crippen molar-refractivity contribution in [1.82, 2.24) is 5.06 Å². The quantitative estimate of drug-likeness (QED) is 0.0965. The number of hydrogen-bond acceptors (Lipinski definition) is 9. The largest absolute Gasteiger partial charge is 0.464 e. The van der Waals surface area contributed by atoms with Crippen molar-refractivity contribution in [2.75, 3.05) is 26.9 Å². The summed E-state index contributed by atoms with van der Waals surface area (Å²) in [7, 11) is 1.43. The normalized spacial score (nSPS) is 24.4. The van der Waals surface area contributed by atoms with Gasteiger partial charge in [-0.2, -0.15) is 5.06 Å². The van der Waals surface area contributed by atoms with E-state index >= 15 is 0 Å². The van der Waals surface area contributed by atoms with Gasteiger partial charge >= 0.3 is 5.97 Å². The molecule has 214 valence electrons. The smallest absolute Gasteiger partial charge is 0.334 e. The third-order valence-electron chi connectivity index (χ3n) is 6.87. The summed E-state index contributed by atoms with van der Waals surface area (Å²) in [5.74, 6) is -0.535. The highest BCUT2D eigenvalue weighted by Crippen LogP contribution is 2.23. The number of esters is 1. The van der Waals surface area contributed by atoms with Gasteiger partial charge in [0.1, 0.15) is 24.4 Å². The van der Waals surface area contributed by atoms with Gasteiger partial charge in [-0.05, 0) is 6.42 Å². The highest BCUT2D eigenvalue weighted by molar-refractivity contribution is 5.70. The molecule has 0 spiro atoms. The highest BCUT2D eigenvalue weighted by Gasteiger charge is 2.45. The molecule has 0 amide bonds. The second-order valence-corrected chi connectivity index (χ2v) is 10.1. The molecule has 1 heterocycles. The Morgan fingerprint density at radius 2 is 1.22 bits per heavy atom. The molecule has 0 bridgehead atoms. The fraction of sp³-hybridized carbons (Fsp3) is 0.963. The fourth-order valence-electron chi connectivity index (χ4n) is 4.49. The molecule has 1 aliphatic heterocycles. The molecule has 4 N–H and O–H groups in total. The first kappa shape index (κ1) is 33.2. The minimum Gasteiger partial charge on any atom is -0.464 e. The van der Waals surface area contributed by atoms with E-state index in [4.69, 9.17) is 14.3 Å². The zero-order valence-corrected chi connectivity index (χ0v) is 22.7. The Bertz CT molecular complexity index is 536. The van der Waals surface area contributed by atoms with Crippen LogP contribution in [0, 0.1) is 0 Å². The standard InChI is InChI=1S/C27H53NO8/c1-3-4-5-6-7-8-9-10-11-12-13-14-15-16-17-18-19-34-23(30)21-35-28(2)27-26(33)25(32)24(31)22(20-29)36-27/h22,24-27,29,31-33H,3-21H2,1-2H3/t22-,24-,25+,26-,27-/m1/s1. The third kappa shape index (κ3) is 14.2. The number of hydrogen-bond donors (Lipinski definition) is 4. The van der Waals surface area contributed by atoms with E-state index in [2.05, 4.69) is 6.92 Å². The molecule has 0 aliphatic carbocycles. The van der Waals surface area contributed by atoms with Gasteiger partial charge in [-0.1, -0.05) is 103 Å². The van der Waals surface area contributed by atoms with Crippen LogP contribution in [0.1, 0.15) is 110 Å². The van der Waals surface area contributed by atoms with Crippen molar-refractivity contribution in [3.8, 4) is 0 Å². The van der Waals surface area contributed by atoms with Crippen LogP contribution in [-0.2, 0) is 19.1 Å². The molecule has 36 heavy (non-hydrogen) atoms. The highest BCUT2D eigenvalue weighted by atomic mass is 16.7. The maximum Gasteiger partial charge on any atom is 0.334 e. The molecule has 9 heteroatoms. The van der Waals surface area contributed by atoms with E-state index in [0.717, 1.165) is 24.3 Å². The summed E-state index contributed by atoms with van der Waals surface area (Å²) in [4.78, 5) is 17.2. The van der Waals surface area contributed by atoms with Crippen molar-refractivity contribution >= 4 is 5.97 Å². The van der Waals surface area contributed by atoms with Crippen molar-refractivity contribution in [2.24, 2.45) is 0 Å². The van der Waals surface area contributed by atoms with Crippen LogP contribution in [0.4, 0.5) is 0 Å². The Morgan fingerprint density at radius 1 is 0.750 bits per heavy atom. The number of hydroxylamine groups is 2. The van der Waals surface area contributed by atoms with Crippen LogP contribution in [0.5, 0.6) is 0 Å². The number of aliphatic hydroxyl groups is 4. The number of unbranched alkanes of at least 4 members (excludes halogenated alkanes) is 15. The monoisotopic (exact) mass is 519 g/mol. The zero-order valence-electron chi connectivity index (χ0n) is 22.7. The first-order valence-corrected chi connectivity index (χ1v) is 14.2.